The summed E-state index contributed by atoms with van der Waals surface area (Å²) in [6.45, 7) is 2.10. The highest BCUT2D eigenvalue weighted by molar-refractivity contribution is 6.30. The van der Waals surface area contributed by atoms with Gasteiger partial charge >= 0.3 is 0 Å². The fourth-order valence-electron chi connectivity index (χ4n) is 2.36. The van der Waals surface area contributed by atoms with Gasteiger partial charge in [0.25, 0.3) is 6.47 Å². The number of hydrogen-bond donors (Lipinski definition) is 0. The first-order valence-electron chi connectivity index (χ1n) is 6.81. The minimum absolute atomic E-state index is 0.122. The molecule has 0 bridgehead atoms. The summed E-state index contributed by atoms with van der Waals surface area (Å²) in [6.07, 6.45) is 0. The quantitative estimate of drug-likeness (QED) is 0.674. The average Bonchev–Trinajstić information content (AvgIpc) is 2.91. The van der Waals surface area contributed by atoms with Crippen LogP contribution in [0.25, 0.3) is 16.9 Å². The van der Waals surface area contributed by atoms with Crippen LogP contribution >= 0.6 is 11.6 Å². The van der Waals surface area contributed by atoms with Gasteiger partial charge in [-0.3, -0.25) is 4.79 Å². The Labute approximate surface area is 137 Å². The number of carbonyl (C=O) groups excluding carboxylic acids is 1. The van der Waals surface area contributed by atoms with Gasteiger partial charge in [-0.15, -0.1) is 5.10 Å². The molecule has 116 valence electrons. The average molecular weight is 331 g/mol. The van der Waals surface area contributed by atoms with E-state index in [2.05, 4.69) is 5.10 Å². The summed E-state index contributed by atoms with van der Waals surface area (Å²) in [7, 11) is 0. The van der Waals surface area contributed by atoms with Crippen molar-refractivity contribution in [3.8, 4) is 22.8 Å². The van der Waals surface area contributed by atoms with E-state index in [-0.39, 0.29) is 11.7 Å². The number of carbonyl (C=O) groups is 1. The van der Waals surface area contributed by atoms with Gasteiger partial charge in [-0.2, -0.15) is 0 Å². The maximum Gasteiger partial charge on any atom is 0.299 e. The van der Waals surface area contributed by atoms with Crippen molar-refractivity contribution in [1.29, 1.82) is 0 Å². The Morgan fingerprint density at radius 1 is 1.22 bits per heavy atom. The highest BCUT2D eigenvalue weighted by Gasteiger charge is 2.14. The van der Waals surface area contributed by atoms with Crippen LogP contribution in [0.1, 0.15) is 5.56 Å². The van der Waals surface area contributed by atoms with Gasteiger partial charge in [-0.25, -0.2) is 9.07 Å². The molecular weight excluding hydrogens is 319 g/mol. The molecule has 23 heavy (non-hydrogen) atoms. The fourth-order valence-corrected chi connectivity index (χ4v) is 2.55. The number of rotatable bonds is 4. The van der Waals surface area contributed by atoms with Crippen LogP contribution in [0.15, 0.2) is 48.5 Å². The van der Waals surface area contributed by atoms with Crippen LogP contribution in [-0.4, -0.2) is 16.3 Å². The maximum absolute atomic E-state index is 13.7. The number of aryl methyl sites for hydroxylation is 1. The molecule has 0 aliphatic carbocycles. The van der Waals surface area contributed by atoms with Crippen LogP contribution < -0.4 is 4.74 Å². The summed E-state index contributed by atoms with van der Waals surface area (Å²) < 4.78 is 20.1. The fraction of sp³-hybridized carbons (Fsp3) is 0.0588. The van der Waals surface area contributed by atoms with Gasteiger partial charge in [0, 0.05) is 16.7 Å². The number of halogens is 2. The first kappa shape index (κ1) is 15.2. The Hall–Kier alpha value is -2.66. The molecule has 1 aromatic heterocycles. The smallest absolute Gasteiger partial charge is 0.299 e. The van der Waals surface area contributed by atoms with E-state index in [1.54, 1.807) is 41.9 Å². The minimum atomic E-state index is -0.350. The molecule has 3 rings (SSSR count). The molecule has 0 N–H and O–H groups in total. The molecule has 0 saturated carbocycles. The zero-order valence-corrected chi connectivity index (χ0v) is 12.9. The lowest BCUT2D eigenvalue weighted by Gasteiger charge is -2.08. The van der Waals surface area contributed by atoms with Crippen LogP contribution in [0.2, 0.25) is 5.02 Å². The van der Waals surface area contributed by atoms with E-state index in [4.69, 9.17) is 16.3 Å². The van der Waals surface area contributed by atoms with E-state index in [1.807, 2.05) is 6.07 Å². The normalized spacial score (nSPS) is 10.6. The van der Waals surface area contributed by atoms with E-state index in [9.17, 15) is 9.18 Å². The van der Waals surface area contributed by atoms with Gasteiger partial charge < -0.3 is 4.74 Å². The molecule has 0 spiro atoms. The van der Waals surface area contributed by atoms with Gasteiger partial charge in [0.2, 0.25) is 5.88 Å². The molecule has 4 nitrogen and oxygen atoms in total. The second-order valence-electron chi connectivity index (χ2n) is 4.99. The lowest BCUT2D eigenvalue weighted by atomic mass is 10.1. The zero-order valence-electron chi connectivity index (χ0n) is 12.2. The van der Waals surface area contributed by atoms with Crippen LogP contribution in [0.3, 0.4) is 0 Å². The van der Waals surface area contributed by atoms with Gasteiger partial charge in [-0.1, -0.05) is 17.7 Å². The highest BCUT2D eigenvalue weighted by atomic mass is 35.5. The Kier molecular flexibility index (Phi) is 4.12. The van der Waals surface area contributed by atoms with E-state index in [1.165, 1.54) is 12.1 Å². The molecule has 6 heteroatoms. The van der Waals surface area contributed by atoms with E-state index >= 15 is 0 Å². The first-order chi connectivity index (χ1) is 11.1. The first-order valence-corrected chi connectivity index (χ1v) is 7.18. The third-order valence-corrected chi connectivity index (χ3v) is 3.48. The molecule has 0 aliphatic rings. The van der Waals surface area contributed by atoms with Crippen molar-refractivity contribution in [1.82, 2.24) is 9.78 Å². The predicted octanol–water partition coefficient (Wildman–Crippen LogP) is 4.18. The molecule has 0 saturated heterocycles. The summed E-state index contributed by atoms with van der Waals surface area (Å²) in [5.41, 5.74) is 2.66. The summed E-state index contributed by atoms with van der Waals surface area (Å²) in [5, 5.41) is 4.77. The Morgan fingerprint density at radius 2 is 2.04 bits per heavy atom. The lowest BCUT2D eigenvalue weighted by molar-refractivity contribution is -0.120. The minimum Gasteiger partial charge on any atom is -0.408 e. The van der Waals surface area contributed by atoms with Gasteiger partial charge in [0.05, 0.1) is 11.4 Å². The number of benzene rings is 2. The zero-order chi connectivity index (χ0) is 16.4. The summed E-state index contributed by atoms with van der Waals surface area (Å²) in [4.78, 5) is 10.6. The molecule has 3 aromatic rings. The Bertz CT molecular complexity index is 857. The monoisotopic (exact) mass is 330 g/mol. The van der Waals surface area contributed by atoms with Crippen LogP contribution in [-0.2, 0) is 4.79 Å². The Morgan fingerprint density at radius 3 is 2.74 bits per heavy atom. The van der Waals surface area contributed by atoms with Crippen molar-refractivity contribution in [2.24, 2.45) is 0 Å². The van der Waals surface area contributed by atoms with Crippen LogP contribution in [0, 0.1) is 12.7 Å². The topological polar surface area (TPSA) is 44.1 Å². The SMILES string of the molecule is Cc1cc(F)cc(-c2cc(OC=O)nn2-c2cccc(Cl)c2)c1. The van der Waals surface area contributed by atoms with Crippen molar-refractivity contribution in [2.75, 3.05) is 0 Å². The number of aromatic nitrogens is 2. The van der Waals surface area contributed by atoms with Crippen LogP contribution in [0.4, 0.5) is 4.39 Å². The lowest BCUT2D eigenvalue weighted by Crippen LogP contribution is -2.00. The van der Waals surface area contributed by atoms with Crippen LogP contribution in [0.5, 0.6) is 5.88 Å². The molecular formula is C17H12ClFN2O2. The van der Waals surface area contributed by atoms with Crippen molar-refractivity contribution in [2.45, 2.75) is 6.92 Å². The molecule has 2 aromatic carbocycles. The maximum atomic E-state index is 13.7. The van der Waals surface area contributed by atoms with Crippen molar-refractivity contribution >= 4 is 18.1 Å². The second kappa shape index (κ2) is 6.22. The standard InChI is InChI=1S/C17H12ClFN2O2/c1-11-5-12(7-14(19)6-11)16-9-17(23-10-22)20-21(16)15-4-2-3-13(18)8-15/h2-10H,1H3. The number of nitrogens with zero attached hydrogens (tertiary/aromatic N) is 2. The summed E-state index contributed by atoms with van der Waals surface area (Å²) in [5.74, 6) is -0.228. The van der Waals surface area contributed by atoms with Gasteiger partial charge in [0.15, 0.2) is 0 Å². The number of ether oxygens (including phenoxy) is 1. The van der Waals surface area contributed by atoms with Gasteiger partial charge in [0.1, 0.15) is 5.82 Å². The third kappa shape index (κ3) is 3.24. The number of hydrogen-bond acceptors (Lipinski definition) is 3. The molecule has 0 fully saturated rings. The molecule has 1 heterocycles. The van der Waals surface area contributed by atoms with E-state index in [0.717, 1.165) is 5.56 Å². The molecule has 0 aliphatic heterocycles. The Balaban J connectivity index is 2.20. The molecule has 0 unspecified atom stereocenters. The van der Waals surface area contributed by atoms with Gasteiger partial charge in [-0.05, 0) is 48.9 Å². The largest absolute Gasteiger partial charge is 0.408 e. The predicted molar refractivity (Wildman–Crippen MR) is 85.4 cm³/mol. The third-order valence-electron chi connectivity index (χ3n) is 3.25. The molecule has 0 amide bonds. The summed E-state index contributed by atoms with van der Waals surface area (Å²) >= 11 is 6.02. The molecule has 0 radical (unpaired) electrons. The highest BCUT2D eigenvalue weighted by Crippen LogP contribution is 2.29. The van der Waals surface area contributed by atoms with Crippen molar-refractivity contribution < 1.29 is 13.9 Å². The van der Waals surface area contributed by atoms with E-state index in [0.29, 0.717) is 28.4 Å². The second-order valence-corrected chi connectivity index (χ2v) is 5.43. The molecule has 0 atom stereocenters. The van der Waals surface area contributed by atoms with E-state index < -0.39 is 0 Å². The van der Waals surface area contributed by atoms with Crippen molar-refractivity contribution in [3.05, 3.63) is 64.9 Å². The van der Waals surface area contributed by atoms with Crippen molar-refractivity contribution in [3.63, 3.8) is 0 Å². The summed E-state index contributed by atoms with van der Waals surface area (Å²) in [6, 6.07) is 13.3.